The lowest BCUT2D eigenvalue weighted by molar-refractivity contribution is 0.362. The Hall–Kier alpha value is -1.64. The molecule has 2 aromatic heterocycles. The first-order chi connectivity index (χ1) is 16.0. The molecule has 0 aliphatic heterocycles. The number of nitrogens with zero attached hydrogens (tertiary/aromatic N) is 2. The van der Waals surface area contributed by atoms with Gasteiger partial charge in [-0.25, -0.2) is 0 Å². The van der Waals surface area contributed by atoms with Gasteiger partial charge in [0, 0.05) is 12.1 Å². The van der Waals surface area contributed by atoms with Crippen molar-refractivity contribution in [2.75, 3.05) is 28.4 Å². The zero-order valence-corrected chi connectivity index (χ0v) is 24.7. The number of aromatic nitrogens is 2. The van der Waals surface area contributed by atoms with Crippen molar-refractivity contribution in [3.8, 4) is 34.6 Å². The molecule has 0 saturated heterocycles. The Bertz CT molecular complexity index is 871. The summed E-state index contributed by atoms with van der Waals surface area (Å²) in [5.41, 5.74) is 3.77. The Kier molecular flexibility index (Phi) is 10.4. The second-order valence-electron chi connectivity index (χ2n) is 9.33. The Balaban J connectivity index is 3.13. The van der Waals surface area contributed by atoms with Gasteiger partial charge in [-0.15, -0.1) is 0 Å². The van der Waals surface area contributed by atoms with Crippen molar-refractivity contribution in [1.82, 2.24) is 9.97 Å². The second kappa shape index (κ2) is 12.4. The van der Waals surface area contributed by atoms with Crippen LogP contribution in [0.3, 0.4) is 0 Å². The first-order valence-electron chi connectivity index (χ1n) is 11.8. The molecule has 2 aromatic rings. The summed E-state index contributed by atoms with van der Waals surface area (Å²) >= 11 is 0. The molecule has 0 fully saturated rings. The van der Waals surface area contributed by atoms with Crippen LogP contribution in [0, 0.1) is 0 Å². The number of methoxy groups -OCH3 is 4. The molecule has 0 aliphatic rings. The van der Waals surface area contributed by atoms with Crippen LogP contribution in [0.25, 0.3) is 11.1 Å². The molecule has 0 atom stereocenters. The van der Waals surface area contributed by atoms with E-state index in [1.807, 2.05) is 0 Å². The fraction of sp³-hybridized carbons (Fsp3) is 0.615. The average molecular weight is 509 g/mol. The highest BCUT2D eigenvalue weighted by Gasteiger charge is 2.33. The van der Waals surface area contributed by atoms with E-state index in [1.165, 1.54) is 10.6 Å². The third kappa shape index (κ3) is 5.94. The summed E-state index contributed by atoms with van der Waals surface area (Å²) in [5.74, 6) is 2.19. The van der Waals surface area contributed by atoms with Gasteiger partial charge >= 0.3 is 0 Å². The van der Waals surface area contributed by atoms with Crippen LogP contribution in [0.4, 0.5) is 0 Å². The molecule has 0 spiro atoms. The van der Waals surface area contributed by atoms with E-state index in [-0.39, 0.29) is 0 Å². The predicted octanol–water partition coefficient (Wildman–Crippen LogP) is 6.03. The minimum atomic E-state index is -0.560. The van der Waals surface area contributed by atoms with Crippen LogP contribution in [-0.2, 0) is 0 Å². The quantitative estimate of drug-likeness (QED) is 0.346. The molecule has 2 heterocycles. The van der Waals surface area contributed by atoms with Crippen LogP contribution in [-0.4, -0.2) is 61.0 Å². The fourth-order valence-electron chi connectivity index (χ4n) is 4.66. The first-order valence-corrected chi connectivity index (χ1v) is 14.8. The molecule has 0 bridgehead atoms. The number of ether oxygens (including phenoxy) is 4. The lowest BCUT2D eigenvalue weighted by atomic mass is 10.1. The maximum absolute atomic E-state index is 5.92. The summed E-state index contributed by atoms with van der Waals surface area (Å²) in [5, 5.41) is 2.41. The van der Waals surface area contributed by atoms with Gasteiger partial charge in [-0.05, 0) is 33.2 Å². The Morgan fingerprint density at radius 1 is 0.529 bits per heavy atom. The largest absolute Gasteiger partial charge is 0.481 e. The Morgan fingerprint density at radius 3 is 1.03 bits per heavy atom. The van der Waals surface area contributed by atoms with Gasteiger partial charge in [0.05, 0.1) is 39.6 Å². The topological polar surface area (TPSA) is 62.7 Å². The SMILES string of the molecule is COc1cc(P(C(C)C)C(C)C)c(-c2c(P(C(C)C)C(C)C)cc(OC)nc2OC)c(OC)n1. The number of rotatable bonds is 11. The Labute approximate surface area is 208 Å². The maximum Gasteiger partial charge on any atom is 0.225 e. The van der Waals surface area contributed by atoms with E-state index in [1.54, 1.807) is 28.4 Å². The minimum absolute atomic E-state index is 0.461. The lowest BCUT2D eigenvalue weighted by Gasteiger charge is -2.32. The van der Waals surface area contributed by atoms with Crippen LogP contribution in [0.15, 0.2) is 12.1 Å². The molecule has 2 rings (SSSR count). The van der Waals surface area contributed by atoms with Crippen LogP contribution in [0.2, 0.25) is 0 Å². The summed E-state index contributed by atoms with van der Waals surface area (Å²) in [7, 11) is 5.51. The molecular formula is C26H42N2O4P2. The zero-order chi connectivity index (χ0) is 25.7. The molecule has 6 nitrogen and oxygen atoms in total. The molecule has 8 heteroatoms. The van der Waals surface area contributed by atoms with Crippen molar-refractivity contribution in [2.24, 2.45) is 0 Å². The van der Waals surface area contributed by atoms with Crippen LogP contribution < -0.4 is 29.6 Å². The highest BCUT2D eigenvalue weighted by atomic mass is 31.1. The summed E-state index contributed by atoms with van der Waals surface area (Å²) in [6.45, 7) is 18.3. The summed E-state index contributed by atoms with van der Waals surface area (Å²) < 4.78 is 23.0. The molecular weight excluding hydrogens is 466 g/mol. The fourth-order valence-corrected chi connectivity index (χ4v) is 10.7. The lowest BCUT2D eigenvalue weighted by Crippen LogP contribution is -2.24. The van der Waals surface area contributed by atoms with Gasteiger partial charge in [0.2, 0.25) is 23.5 Å². The van der Waals surface area contributed by atoms with Crippen LogP contribution >= 0.6 is 15.8 Å². The number of hydrogen-bond donors (Lipinski definition) is 0. The van der Waals surface area contributed by atoms with Crippen molar-refractivity contribution in [3.63, 3.8) is 0 Å². The van der Waals surface area contributed by atoms with Gasteiger partial charge in [0.1, 0.15) is 0 Å². The van der Waals surface area contributed by atoms with Gasteiger partial charge in [-0.1, -0.05) is 71.2 Å². The third-order valence-electron chi connectivity index (χ3n) is 5.72. The molecule has 0 aliphatic carbocycles. The highest BCUT2D eigenvalue weighted by molar-refractivity contribution is 7.68. The molecule has 190 valence electrons. The van der Waals surface area contributed by atoms with Gasteiger partial charge in [0.25, 0.3) is 0 Å². The standard InChI is InChI=1S/C26H42N2O4P2/c1-15(2)33(16(3)4)19-13-21(29-9)27-25(31-11)23(19)24-20(34(17(5)6)18(7)8)14-22(30-10)28-26(24)32-12/h13-18H,1-12H3. The van der Waals surface area contributed by atoms with Crippen molar-refractivity contribution in [2.45, 2.75) is 78.0 Å². The Morgan fingerprint density at radius 2 is 0.824 bits per heavy atom. The summed E-state index contributed by atoms with van der Waals surface area (Å²) in [4.78, 5) is 9.43. The summed E-state index contributed by atoms with van der Waals surface area (Å²) in [6, 6.07) is 4.17. The third-order valence-corrected chi connectivity index (χ3v) is 12.0. The zero-order valence-electron chi connectivity index (χ0n) is 22.9. The van der Waals surface area contributed by atoms with E-state index in [0.717, 1.165) is 11.1 Å². The van der Waals surface area contributed by atoms with E-state index >= 15 is 0 Å². The predicted molar refractivity (Wildman–Crippen MR) is 147 cm³/mol. The minimum Gasteiger partial charge on any atom is -0.481 e. The molecule has 0 unspecified atom stereocenters. The van der Waals surface area contributed by atoms with Crippen LogP contribution in [0.1, 0.15) is 55.4 Å². The normalized spacial score (nSPS) is 11.9. The molecule has 0 saturated carbocycles. The number of hydrogen-bond acceptors (Lipinski definition) is 6. The van der Waals surface area contributed by atoms with Crippen molar-refractivity contribution < 1.29 is 18.9 Å². The van der Waals surface area contributed by atoms with Gasteiger partial charge < -0.3 is 18.9 Å². The number of pyridine rings is 2. The monoisotopic (exact) mass is 508 g/mol. The molecule has 34 heavy (non-hydrogen) atoms. The van der Waals surface area contributed by atoms with Gasteiger partial charge in [0.15, 0.2) is 0 Å². The smallest absolute Gasteiger partial charge is 0.225 e. The van der Waals surface area contributed by atoms with Crippen LogP contribution in [0.5, 0.6) is 23.5 Å². The molecule has 0 radical (unpaired) electrons. The summed E-state index contributed by atoms with van der Waals surface area (Å²) in [6.07, 6.45) is 0. The molecule has 0 amide bonds. The highest BCUT2D eigenvalue weighted by Crippen LogP contribution is 2.54. The van der Waals surface area contributed by atoms with Crippen molar-refractivity contribution in [3.05, 3.63) is 12.1 Å². The van der Waals surface area contributed by atoms with Gasteiger partial charge in [-0.2, -0.15) is 9.97 Å². The van der Waals surface area contributed by atoms with E-state index in [0.29, 0.717) is 46.2 Å². The van der Waals surface area contributed by atoms with Gasteiger partial charge in [-0.3, -0.25) is 0 Å². The van der Waals surface area contributed by atoms with Crippen molar-refractivity contribution in [1.29, 1.82) is 0 Å². The molecule has 0 aromatic carbocycles. The second-order valence-corrected chi connectivity index (χ2v) is 16.0. The van der Waals surface area contributed by atoms with Crippen molar-refractivity contribution >= 4 is 26.5 Å². The van der Waals surface area contributed by atoms with E-state index < -0.39 is 15.8 Å². The first kappa shape index (κ1) is 28.6. The van der Waals surface area contributed by atoms with E-state index in [9.17, 15) is 0 Å². The maximum atomic E-state index is 5.92. The van der Waals surface area contributed by atoms with E-state index in [4.69, 9.17) is 28.9 Å². The van der Waals surface area contributed by atoms with E-state index in [2.05, 4.69) is 67.5 Å². The molecule has 0 N–H and O–H groups in total. The average Bonchev–Trinajstić information content (AvgIpc) is 2.77.